The van der Waals surface area contributed by atoms with Gasteiger partial charge in [0, 0.05) is 11.1 Å². The Morgan fingerprint density at radius 3 is 2.75 bits per heavy atom. The van der Waals surface area contributed by atoms with Crippen LogP contribution < -0.4 is 9.62 Å². The highest BCUT2D eigenvalue weighted by molar-refractivity contribution is 7.94. The van der Waals surface area contributed by atoms with E-state index in [1.165, 1.54) is 18.2 Å². The summed E-state index contributed by atoms with van der Waals surface area (Å²) < 4.78 is 25.2. The van der Waals surface area contributed by atoms with Crippen molar-refractivity contribution in [2.24, 2.45) is 5.92 Å². The van der Waals surface area contributed by atoms with Crippen LogP contribution >= 0.6 is 11.6 Å². The van der Waals surface area contributed by atoms with Crippen molar-refractivity contribution in [2.75, 3.05) is 15.4 Å². The Balaban J connectivity index is 1.60. The van der Waals surface area contributed by atoms with Crippen LogP contribution in [0, 0.1) is 5.92 Å². The molecule has 0 saturated carbocycles. The van der Waals surface area contributed by atoms with E-state index >= 15 is 0 Å². The molecular weight excluding hydrogens is 404 g/mol. The van der Waals surface area contributed by atoms with Gasteiger partial charge in [0.25, 0.3) is 5.91 Å². The van der Waals surface area contributed by atoms with Gasteiger partial charge in [-0.3, -0.25) is 14.7 Å². The number of benzene rings is 2. The van der Waals surface area contributed by atoms with Gasteiger partial charge in [0.05, 0.1) is 39.7 Å². The van der Waals surface area contributed by atoms with Gasteiger partial charge >= 0.3 is 0 Å². The first-order valence-corrected chi connectivity index (χ1v) is 10.4. The molecule has 144 valence electrons. The minimum absolute atomic E-state index is 0.0418. The number of aromatic nitrogens is 2. The van der Waals surface area contributed by atoms with Crippen molar-refractivity contribution in [3.05, 3.63) is 53.2 Å². The van der Waals surface area contributed by atoms with E-state index in [1.807, 2.05) is 6.07 Å². The van der Waals surface area contributed by atoms with Crippen LogP contribution in [0.15, 0.2) is 42.6 Å². The van der Waals surface area contributed by atoms with Crippen LogP contribution in [0.5, 0.6) is 0 Å². The zero-order valence-electron chi connectivity index (χ0n) is 14.6. The molecule has 0 bridgehead atoms. The van der Waals surface area contributed by atoms with E-state index in [0.29, 0.717) is 5.69 Å². The lowest BCUT2D eigenvalue weighted by molar-refractivity contribution is -0.119. The third kappa shape index (κ3) is 3.12. The van der Waals surface area contributed by atoms with E-state index in [2.05, 4.69) is 15.5 Å². The second kappa shape index (κ2) is 6.61. The molecule has 1 aliphatic heterocycles. The number of sulfonamides is 1. The average molecular weight is 419 g/mol. The number of carbonyl (C=O) groups excluding carboxylic acids is 2. The molecule has 1 saturated heterocycles. The highest BCUT2D eigenvalue weighted by Crippen LogP contribution is 2.31. The van der Waals surface area contributed by atoms with Crippen LogP contribution in [0.25, 0.3) is 10.9 Å². The van der Waals surface area contributed by atoms with Gasteiger partial charge in [-0.05, 0) is 36.4 Å². The van der Waals surface area contributed by atoms with Crippen molar-refractivity contribution in [3.8, 4) is 0 Å². The molecule has 1 fully saturated rings. The van der Waals surface area contributed by atoms with Crippen molar-refractivity contribution in [1.82, 2.24) is 10.2 Å². The Bertz CT molecular complexity index is 1220. The molecule has 0 spiro atoms. The van der Waals surface area contributed by atoms with Gasteiger partial charge in [-0.2, -0.15) is 5.10 Å². The first kappa shape index (κ1) is 18.5. The zero-order valence-corrected chi connectivity index (χ0v) is 16.2. The van der Waals surface area contributed by atoms with Crippen molar-refractivity contribution < 1.29 is 18.0 Å². The van der Waals surface area contributed by atoms with Gasteiger partial charge in [-0.1, -0.05) is 18.5 Å². The molecule has 2 heterocycles. The number of aromatic amines is 1. The number of hydrogen-bond donors (Lipinski definition) is 2. The largest absolute Gasteiger partial charge is 0.322 e. The average Bonchev–Trinajstić information content (AvgIpc) is 3.16. The van der Waals surface area contributed by atoms with Crippen molar-refractivity contribution in [2.45, 2.75) is 6.92 Å². The number of hydrogen-bond acceptors (Lipinski definition) is 5. The fourth-order valence-electron chi connectivity index (χ4n) is 3.11. The van der Waals surface area contributed by atoms with E-state index in [1.54, 1.807) is 25.3 Å². The predicted octanol–water partition coefficient (Wildman–Crippen LogP) is 2.78. The minimum Gasteiger partial charge on any atom is -0.322 e. The fraction of sp³-hybridized carbons (Fsp3) is 0.167. The molecule has 8 nitrogen and oxygen atoms in total. The quantitative estimate of drug-likeness (QED) is 0.679. The lowest BCUT2D eigenvalue weighted by atomic mass is 10.1. The van der Waals surface area contributed by atoms with Crippen LogP contribution in [0.3, 0.4) is 0 Å². The van der Waals surface area contributed by atoms with E-state index in [-0.39, 0.29) is 22.0 Å². The third-order valence-corrected chi connectivity index (χ3v) is 6.67. The molecular formula is C18H15ClN4O4S. The normalized spacial score (nSPS) is 18.6. The highest BCUT2D eigenvalue weighted by atomic mass is 35.5. The molecule has 4 rings (SSSR count). The maximum atomic E-state index is 12.6. The Kier molecular flexibility index (Phi) is 4.35. The van der Waals surface area contributed by atoms with Gasteiger partial charge in [-0.25, -0.2) is 12.7 Å². The molecule has 1 aromatic heterocycles. The molecule has 2 aromatic carbocycles. The smallest absolute Gasteiger partial charge is 0.257 e. The second-order valence-electron chi connectivity index (χ2n) is 6.57. The first-order chi connectivity index (χ1) is 13.3. The number of amides is 2. The summed E-state index contributed by atoms with van der Waals surface area (Å²) in [6.45, 7) is 1.56. The van der Waals surface area contributed by atoms with Gasteiger partial charge in [-0.15, -0.1) is 0 Å². The van der Waals surface area contributed by atoms with E-state index < -0.39 is 27.8 Å². The van der Waals surface area contributed by atoms with E-state index in [4.69, 9.17) is 11.6 Å². The van der Waals surface area contributed by atoms with Gasteiger partial charge in [0.15, 0.2) is 0 Å². The summed E-state index contributed by atoms with van der Waals surface area (Å²) >= 11 is 6.21. The molecule has 1 atom stereocenters. The van der Waals surface area contributed by atoms with Crippen LogP contribution in [0.2, 0.25) is 5.02 Å². The maximum Gasteiger partial charge on any atom is 0.257 e. The summed E-state index contributed by atoms with van der Waals surface area (Å²) in [5, 5.41) is 10.4. The Hall–Kier alpha value is -2.91. The fourth-order valence-corrected chi connectivity index (χ4v) is 5.19. The number of H-pyrrole nitrogens is 1. The SMILES string of the molecule is C[C@@H]1CS(=O)(=O)N(c2ccc(C(=O)Nc3ccc4cn[nH]c4c3)c(Cl)c2)C1=O. The highest BCUT2D eigenvalue weighted by Gasteiger charge is 2.42. The van der Waals surface area contributed by atoms with E-state index in [0.717, 1.165) is 15.2 Å². The Morgan fingerprint density at radius 1 is 1.29 bits per heavy atom. The summed E-state index contributed by atoms with van der Waals surface area (Å²) in [5.74, 6) is -1.84. The molecule has 0 aliphatic carbocycles. The summed E-state index contributed by atoms with van der Waals surface area (Å²) in [4.78, 5) is 24.8. The molecule has 28 heavy (non-hydrogen) atoms. The number of nitrogens with zero attached hydrogens (tertiary/aromatic N) is 2. The zero-order chi connectivity index (χ0) is 20.1. The lowest BCUT2D eigenvalue weighted by Crippen LogP contribution is -2.30. The molecule has 2 amide bonds. The van der Waals surface area contributed by atoms with E-state index in [9.17, 15) is 18.0 Å². The number of carbonyl (C=O) groups is 2. The number of rotatable bonds is 3. The summed E-state index contributed by atoms with van der Waals surface area (Å²) in [7, 11) is -3.74. The molecule has 0 unspecified atom stereocenters. The topological polar surface area (TPSA) is 112 Å². The maximum absolute atomic E-state index is 12.6. The van der Waals surface area contributed by atoms with Gasteiger partial charge in [0.1, 0.15) is 0 Å². The van der Waals surface area contributed by atoms with Crippen LogP contribution in [-0.2, 0) is 14.8 Å². The lowest BCUT2D eigenvalue weighted by Gasteiger charge is -2.16. The monoisotopic (exact) mass is 418 g/mol. The van der Waals surface area contributed by atoms with Gasteiger partial charge in [0.2, 0.25) is 15.9 Å². The molecule has 10 heteroatoms. The number of halogens is 1. The van der Waals surface area contributed by atoms with Crippen LogP contribution in [-0.4, -0.2) is 36.2 Å². The van der Waals surface area contributed by atoms with Crippen LogP contribution in [0.4, 0.5) is 11.4 Å². The molecule has 3 aromatic rings. The van der Waals surface area contributed by atoms with Crippen molar-refractivity contribution >= 4 is 55.7 Å². The standard InChI is InChI=1S/C18H15ClN4O4S/c1-10-9-28(26,27)23(18(10)25)13-4-5-14(15(19)7-13)17(24)21-12-3-2-11-8-20-22-16(11)6-12/h2-8,10H,9H2,1H3,(H,20,22)(H,21,24)/t10-/m1/s1. The third-order valence-electron chi connectivity index (χ3n) is 4.49. The summed E-state index contributed by atoms with van der Waals surface area (Å²) in [6.07, 6.45) is 1.67. The van der Waals surface area contributed by atoms with Crippen molar-refractivity contribution in [1.29, 1.82) is 0 Å². The Labute approximate surface area is 165 Å². The second-order valence-corrected chi connectivity index (χ2v) is 8.84. The predicted molar refractivity (Wildman–Crippen MR) is 106 cm³/mol. The van der Waals surface area contributed by atoms with Gasteiger partial charge < -0.3 is 5.32 Å². The number of nitrogens with one attached hydrogen (secondary N) is 2. The van der Waals surface area contributed by atoms with Crippen LogP contribution in [0.1, 0.15) is 17.3 Å². The number of fused-ring (bicyclic) bond motifs is 1. The van der Waals surface area contributed by atoms with Crippen molar-refractivity contribution in [3.63, 3.8) is 0 Å². The first-order valence-electron chi connectivity index (χ1n) is 8.37. The Morgan fingerprint density at radius 2 is 2.07 bits per heavy atom. The molecule has 2 N–H and O–H groups in total. The summed E-state index contributed by atoms with van der Waals surface area (Å²) in [5.41, 5.74) is 1.60. The number of anilines is 2. The molecule has 0 radical (unpaired) electrons. The molecule has 1 aliphatic rings. The summed E-state index contributed by atoms with van der Waals surface area (Å²) in [6, 6.07) is 9.38. The minimum atomic E-state index is -3.74.